The Balaban J connectivity index is 2.18. The van der Waals surface area contributed by atoms with Gasteiger partial charge in [0.05, 0.1) is 0 Å². The van der Waals surface area contributed by atoms with Crippen LogP contribution in [0.15, 0.2) is 4.99 Å². The van der Waals surface area contributed by atoms with Crippen molar-refractivity contribution in [2.24, 2.45) is 4.99 Å². The molecule has 1 rings (SSSR count). The molecule has 0 amide bonds. The number of likely N-dealkylation sites (N-methyl/N-ethyl adjacent to an activating group) is 1. The standard InChI is InChI=1S/C16H34N4/c1-5-6-7-8-10-14(2)19-16(17-3)18-13-15-11-9-12-20(15)4/h14-15H,5-13H2,1-4H3,(H2,17,18,19). The Morgan fingerprint density at radius 1 is 1.35 bits per heavy atom. The molecule has 0 bridgehead atoms. The van der Waals surface area contributed by atoms with Crippen molar-refractivity contribution in [2.75, 3.05) is 27.2 Å². The van der Waals surface area contributed by atoms with Gasteiger partial charge in [-0.15, -0.1) is 0 Å². The van der Waals surface area contributed by atoms with Gasteiger partial charge in [-0.25, -0.2) is 0 Å². The van der Waals surface area contributed by atoms with Gasteiger partial charge in [-0.05, 0) is 39.8 Å². The van der Waals surface area contributed by atoms with Crippen LogP contribution in [0.5, 0.6) is 0 Å². The molecule has 1 aliphatic rings. The maximum atomic E-state index is 4.33. The Labute approximate surface area is 125 Å². The number of unbranched alkanes of at least 4 members (excludes halogenated alkanes) is 3. The summed E-state index contributed by atoms with van der Waals surface area (Å²) in [5.41, 5.74) is 0. The molecule has 0 saturated carbocycles. The van der Waals surface area contributed by atoms with Gasteiger partial charge in [0, 0.05) is 25.7 Å². The predicted octanol–water partition coefficient (Wildman–Crippen LogP) is 2.60. The molecule has 0 aromatic heterocycles. The number of likely N-dealkylation sites (tertiary alicyclic amines) is 1. The SMILES string of the molecule is CCCCCCC(C)NC(=NC)NCC1CCCN1C. The van der Waals surface area contributed by atoms with Crippen LogP contribution >= 0.6 is 0 Å². The quantitative estimate of drug-likeness (QED) is 0.408. The molecule has 1 saturated heterocycles. The zero-order valence-electron chi connectivity index (χ0n) is 13.9. The summed E-state index contributed by atoms with van der Waals surface area (Å²) in [6, 6.07) is 1.16. The molecule has 1 aliphatic heterocycles. The van der Waals surface area contributed by atoms with Gasteiger partial charge in [-0.2, -0.15) is 0 Å². The van der Waals surface area contributed by atoms with Crippen LogP contribution < -0.4 is 10.6 Å². The lowest BCUT2D eigenvalue weighted by atomic mass is 10.1. The molecule has 0 aromatic rings. The Kier molecular flexibility index (Phi) is 8.67. The average Bonchev–Trinajstić information content (AvgIpc) is 2.85. The van der Waals surface area contributed by atoms with Crippen LogP contribution in [0.1, 0.15) is 58.8 Å². The van der Waals surface area contributed by atoms with Gasteiger partial charge in [-0.1, -0.05) is 32.6 Å². The van der Waals surface area contributed by atoms with Gasteiger partial charge in [0.2, 0.25) is 0 Å². The van der Waals surface area contributed by atoms with Crippen molar-refractivity contribution < 1.29 is 0 Å². The lowest BCUT2D eigenvalue weighted by Crippen LogP contribution is -2.46. The van der Waals surface area contributed by atoms with Crippen LogP contribution in [0.25, 0.3) is 0 Å². The molecule has 4 heteroatoms. The van der Waals surface area contributed by atoms with Crippen LogP contribution in [-0.2, 0) is 0 Å². The highest BCUT2D eigenvalue weighted by atomic mass is 15.2. The van der Waals surface area contributed by atoms with E-state index in [2.05, 4.69) is 41.4 Å². The van der Waals surface area contributed by atoms with E-state index in [0.717, 1.165) is 12.5 Å². The number of hydrogen-bond donors (Lipinski definition) is 2. The number of guanidine groups is 1. The van der Waals surface area contributed by atoms with Crippen LogP contribution in [0.2, 0.25) is 0 Å². The lowest BCUT2D eigenvalue weighted by Gasteiger charge is -2.23. The van der Waals surface area contributed by atoms with Crippen molar-refractivity contribution in [3.05, 3.63) is 0 Å². The number of hydrogen-bond acceptors (Lipinski definition) is 2. The summed E-state index contributed by atoms with van der Waals surface area (Å²) in [5.74, 6) is 0.952. The monoisotopic (exact) mass is 282 g/mol. The second kappa shape index (κ2) is 10.0. The minimum Gasteiger partial charge on any atom is -0.355 e. The third-order valence-corrected chi connectivity index (χ3v) is 4.27. The van der Waals surface area contributed by atoms with Crippen LogP contribution in [0.3, 0.4) is 0 Å². The van der Waals surface area contributed by atoms with Gasteiger partial charge in [0.25, 0.3) is 0 Å². The van der Waals surface area contributed by atoms with Crippen LogP contribution in [0.4, 0.5) is 0 Å². The summed E-state index contributed by atoms with van der Waals surface area (Å²) in [5, 5.41) is 6.97. The molecule has 2 unspecified atom stereocenters. The fourth-order valence-corrected chi connectivity index (χ4v) is 2.83. The van der Waals surface area contributed by atoms with Gasteiger partial charge in [0.15, 0.2) is 5.96 Å². The largest absolute Gasteiger partial charge is 0.355 e. The molecule has 2 atom stereocenters. The maximum absolute atomic E-state index is 4.33. The van der Waals surface area contributed by atoms with E-state index in [1.807, 2.05) is 7.05 Å². The molecule has 0 radical (unpaired) electrons. The molecular weight excluding hydrogens is 248 g/mol. The molecule has 20 heavy (non-hydrogen) atoms. The molecule has 1 heterocycles. The highest BCUT2D eigenvalue weighted by Gasteiger charge is 2.20. The van der Waals surface area contributed by atoms with Crippen LogP contribution in [0, 0.1) is 0 Å². The van der Waals surface area contributed by atoms with E-state index < -0.39 is 0 Å². The fourth-order valence-electron chi connectivity index (χ4n) is 2.83. The van der Waals surface area contributed by atoms with E-state index in [4.69, 9.17) is 0 Å². The van der Waals surface area contributed by atoms with E-state index >= 15 is 0 Å². The lowest BCUT2D eigenvalue weighted by molar-refractivity contribution is 0.309. The molecule has 0 aliphatic carbocycles. The number of nitrogens with zero attached hydrogens (tertiary/aromatic N) is 2. The summed E-state index contributed by atoms with van der Waals surface area (Å²) in [4.78, 5) is 6.77. The summed E-state index contributed by atoms with van der Waals surface area (Å²) in [7, 11) is 4.07. The van der Waals surface area contributed by atoms with E-state index in [9.17, 15) is 0 Å². The normalized spacial score (nSPS) is 22.0. The zero-order valence-corrected chi connectivity index (χ0v) is 13.9. The molecule has 4 nitrogen and oxygen atoms in total. The van der Waals surface area contributed by atoms with Gasteiger partial charge >= 0.3 is 0 Å². The second-order valence-electron chi connectivity index (χ2n) is 6.12. The average molecular weight is 282 g/mol. The van der Waals surface area contributed by atoms with Gasteiger partial charge in [-0.3, -0.25) is 4.99 Å². The van der Waals surface area contributed by atoms with Crippen molar-refractivity contribution in [3.8, 4) is 0 Å². The van der Waals surface area contributed by atoms with E-state index in [-0.39, 0.29) is 0 Å². The van der Waals surface area contributed by atoms with Gasteiger partial charge in [0.1, 0.15) is 0 Å². The molecule has 118 valence electrons. The summed E-state index contributed by atoms with van der Waals surface area (Å²) in [6.45, 7) is 6.74. The summed E-state index contributed by atoms with van der Waals surface area (Å²) in [6.07, 6.45) is 9.17. The first-order chi connectivity index (χ1) is 9.67. The molecule has 0 spiro atoms. The minimum absolute atomic E-state index is 0.499. The highest BCUT2D eigenvalue weighted by Crippen LogP contribution is 2.13. The minimum atomic E-state index is 0.499. The molecular formula is C16H34N4. The summed E-state index contributed by atoms with van der Waals surface area (Å²) >= 11 is 0. The maximum Gasteiger partial charge on any atom is 0.191 e. The van der Waals surface area contributed by atoms with E-state index in [0.29, 0.717) is 12.1 Å². The molecule has 1 fully saturated rings. The Bertz CT molecular complexity index is 278. The van der Waals surface area contributed by atoms with Crippen molar-refractivity contribution >= 4 is 5.96 Å². The van der Waals surface area contributed by atoms with Crippen molar-refractivity contribution in [1.29, 1.82) is 0 Å². The van der Waals surface area contributed by atoms with Crippen molar-refractivity contribution in [2.45, 2.75) is 70.9 Å². The Morgan fingerprint density at radius 2 is 2.15 bits per heavy atom. The van der Waals surface area contributed by atoms with Gasteiger partial charge < -0.3 is 15.5 Å². The number of nitrogens with one attached hydrogen (secondary N) is 2. The highest BCUT2D eigenvalue weighted by molar-refractivity contribution is 5.79. The Hall–Kier alpha value is -0.770. The smallest absolute Gasteiger partial charge is 0.191 e. The Morgan fingerprint density at radius 3 is 2.75 bits per heavy atom. The first-order valence-electron chi connectivity index (χ1n) is 8.34. The van der Waals surface area contributed by atoms with Crippen molar-refractivity contribution in [1.82, 2.24) is 15.5 Å². The summed E-state index contributed by atoms with van der Waals surface area (Å²) < 4.78 is 0. The van der Waals surface area contributed by atoms with E-state index in [1.54, 1.807) is 0 Å². The fraction of sp³-hybridized carbons (Fsp3) is 0.938. The van der Waals surface area contributed by atoms with Crippen molar-refractivity contribution in [3.63, 3.8) is 0 Å². The number of aliphatic imine (C=N–C) groups is 1. The third-order valence-electron chi connectivity index (χ3n) is 4.27. The van der Waals surface area contributed by atoms with E-state index in [1.165, 1.54) is 51.5 Å². The molecule has 2 N–H and O–H groups in total. The van der Waals surface area contributed by atoms with Crippen LogP contribution in [-0.4, -0.2) is 50.1 Å². The zero-order chi connectivity index (χ0) is 14.8. The topological polar surface area (TPSA) is 39.7 Å². The predicted molar refractivity (Wildman–Crippen MR) is 88.4 cm³/mol. The first-order valence-corrected chi connectivity index (χ1v) is 8.34. The number of rotatable bonds is 8. The second-order valence-corrected chi connectivity index (χ2v) is 6.12. The first kappa shape index (κ1) is 17.3. The third kappa shape index (κ3) is 6.60. The molecule has 0 aromatic carbocycles.